The van der Waals surface area contributed by atoms with Gasteiger partial charge in [-0.3, -0.25) is 14.5 Å². The van der Waals surface area contributed by atoms with E-state index >= 15 is 0 Å². The van der Waals surface area contributed by atoms with Crippen LogP contribution in [0.2, 0.25) is 0 Å². The molecule has 2 amide bonds. The summed E-state index contributed by atoms with van der Waals surface area (Å²) in [7, 11) is 0. The minimum absolute atomic E-state index is 0.0264. The van der Waals surface area contributed by atoms with Crippen LogP contribution in [0.15, 0.2) is 54.2 Å². The number of carbonyl (C=O) groups is 2. The molecule has 1 aliphatic heterocycles. The number of carbonyl (C=O) groups excluding carboxylic acids is 2. The monoisotopic (exact) mass is 436 g/mol. The Hall–Kier alpha value is -3.12. The van der Waals surface area contributed by atoms with Gasteiger partial charge in [-0.2, -0.15) is 0 Å². The average molecular weight is 437 g/mol. The van der Waals surface area contributed by atoms with Crippen molar-refractivity contribution in [3.05, 3.63) is 65.4 Å². The molecule has 1 aliphatic rings. The lowest BCUT2D eigenvalue weighted by molar-refractivity contribution is -0.137. The first-order chi connectivity index (χ1) is 15.3. The van der Waals surface area contributed by atoms with Crippen molar-refractivity contribution in [1.82, 2.24) is 4.90 Å². The van der Waals surface area contributed by atoms with Gasteiger partial charge in [0.05, 0.1) is 31.4 Å². The third-order valence-corrected chi connectivity index (χ3v) is 4.95. The molecule has 0 saturated carbocycles. The number of ether oxygens (including phenoxy) is 2. The summed E-state index contributed by atoms with van der Waals surface area (Å²) >= 11 is 0. The number of hydrogen-bond acceptors (Lipinski definition) is 5. The zero-order chi connectivity index (χ0) is 23.3. The molecule has 170 valence electrons. The first-order valence-electron chi connectivity index (χ1n) is 11.0. The molecule has 3 rings (SSSR count). The second kappa shape index (κ2) is 10.5. The normalized spacial score (nSPS) is 14.2. The number of hydrogen-bond donors (Lipinski definition) is 1. The third kappa shape index (κ3) is 5.77. The summed E-state index contributed by atoms with van der Waals surface area (Å²) in [5.74, 6) is 0.473. The molecular weight excluding hydrogens is 404 g/mol. The van der Waals surface area contributed by atoms with Gasteiger partial charge >= 0.3 is 0 Å². The van der Waals surface area contributed by atoms with E-state index < -0.39 is 0 Å². The van der Waals surface area contributed by atoms with Crippen LogP contribution in [-0.2, 0) is 14.3 Å². The fourth-order valence-electron chi connectivity index (χ4n) is 3.39. The third-order valence-electron chi connectivity index (χ3n) is 4.95. The number of rotatable bonds is 10. The summed E-state index contributed by atoms with van der Waals surface area (Å²) in [5, 5.41) is 3.19. The van der Waals surface area contributed by atoms with Crippen LogP contribution in [-0.4, -0.2) is 42.6 Å². The summed E-state index contributed by atoms with van der Waals surface area (Å²) in [6.45, 7) is 11.1. The number of benzene rings is 2. The maximum absolute atomic E-state index is 13.3. The van der Waals surface area contributed by atoms with Crippen LogP contribution in [0.25, 0.3) is 5.57 Å². The van der Waals surface area contributed by atoms with Gasteiger partial charge in [0.1, 0.15) is 11.4 Å². The minimum atomic E-state index is -0.348. The number of nitrogens with zero attached hydrogens (tertiary/aromatic N) is 1. The lowest BCUT2D eigenvalue weighted by Crippen LogP contribution is -2.35. The molecule has 0 unspecified atom stereocenters. The van der Waals surface area contributed by atoms with E-state index in [9.17, 15) is 9.59 Å². The molecule has 1 N–H and O–H groups in total. The number of aryl methyl sites for hydroxylation is 1. The minimum Gasteiger partial charge on any atom is -0.493 e. The van der Waals surface area contributed by atoms with Crippen molar-refractivity contribution in [2.45, 2.75) is 40.7 Å². The second-order valence-electron chi connectivity index (χ2n) is 8.66. The van der Waals surface area contributed by atoms with Crippen LogP contribution >= 0.6 is 0 Å². The SMILES string of the molecule is Cc1cccc(NC2=C(c3ccc(OCC(C)C)cc3)C(=O)N(CCOC(C)C)C2=O)c1. The quantitative estimate of drug-likeness (QED) is 0.549. The largest absolute Gasteiger partial charge is 0.493 e. The van der Waals surface area contributed by atoms with Crippen molar-refractivity contribution >= 4 is 23.1 Å². The van der Waals surface area contributed by atoms with Crippen LogP contribution in [0.1, 0.15) is 38.8 Å². The summed E-state index contributed by atoms with van der Waals surface area (Å²) in [4.78, 5) is 27.7. The van der Waals surface area contributed by atoms with E-state index in [1.807, 2.05) is 69.3 Å². The van der Waals surface area contributed by atoms with E-state index in [0.717, 1.165) is 17.0 Å². The Morgan fingerprint density at radius 1 is 0.969 bits per heavy atom. The van der Waals surface area contributed by atoms with Crippen molar-refractivity contribution in [1.29, 1.82) is 0 Å². The molecule has 6 nitrogen and oxygen atoms in total. The van der Waals surface area contributed by atoms with Gasteiger partial charge in [-0.25, -0.2) is 0 Å². The Morgan fingerprint density at radius 2 is 1.69 bits per heavy atom. The lowest BCUT2D eigenvalue weighted by atomic mass is 10.0. The maximum atomic E-state index is 13.3. The highest BCUT2D eigenvalue weighted by Gasteiger charge is 2.39. The highest BCUT2D eigenvalue weighted by molar-refractivity contribution is 6.36. The van der Waals surface area contributed by atoms with Gasteiger partial charge in [0.25, 0.3) is 11.8 Å². The van der Waals surface area contributed by atoms with Crippen LogP contribution in [0.3, 0.4) is 0 Å². The molecule has 1 heterocycles. The van der Waals surface area contributed by atoms with Crippen LogP contribution in [0, 0.1) is 12.8 Å². The van der Waals surface area contributed by atoms with Gasteiger partial charge in [0.15, 0.2) is 0 Å². The van der Waals surface area contributed by atoms with Crippen LogP contribution < -0.4 is 10.1 Å². The van der Waals surface area contributed by atoms with Gasteiger partial charge in [-0.05, 0) is 62.1 Å². The molecule has 6 heteroatoms. The summed E-state index contributed by atoms with van der Waals surface area (Å²) in [5.41, 5.74) is 3.12. The average Bonchev–Trinajstić information content (AvgIpc) is 2.96. The van der Waals surface area contributed by atoms with E-state index in [1.54, 1.807) is 0 Å². The molecule has 0 saturated heterocycles. The van der Waals surface area contributed by atoms with E-state index in [4.69, 9.17) is 9.47 Å². The lowest BCUT2D eigenvalue weighted by Gasteiger charge is -2.16. The molecule has 32 heavy (non-hydrogen) atoms. The fraction of sp³-hybridized carbons (Fsp3) is 0.385. The molecule has 2 aromatic rings. The van der Waals surface area contributed by atoms with Crippen molar-refractivity contribution in [2.75, 3.05) is 25.1 Å². The Morgan fingerprint density at radius 3 is 2.31 bits per heavy atom. The highest BCUT2D eigenvalue weighted by atomic mass is 16.5. The highest BCUT2D eigenvalue weighted by Crippen LogP contribution is 2.31. The van der Waals surface area contributed by atoms with Gasteiger partial charge in [0.2, 0.25) is 0 Å². The van der Waals surface area contributed by atoms with Gasteiger partial charge in [0, 0.05) is 5.69 Å². The van der Waals surface area contributed by atoms with Crippen LogP contribution in [0.5, 0.6) is 5.75 Å². The molecule has 0 bridgehead atoms. The zero-order valence-corrected chi connectivity index (χ0v) is 19.5. The first-order valence-corrected chi connectivity index (χ1v) is 11.0. The second-order valence-corrected chi connectivity index (χ2v) is 8.66. The molecule has 0 atom stereocenters. The number of amides is 2. The Kier molecular flexibility index (Phi) is 7.70. The number of nitrogens with one attached hydrogen (secondary N) is 1. The Balaban J connectivity index is 1.91. The van der Waals surface area contributed by atoms with Crippen molar-refractivity contribution in [3.63, 3.8) is 0 Å². The Bertz CT molecular complexity index is 993. The molecule has 0 spiro atoms. The molecule has 2 aromatic carbocycles. The summed E-state index contributed by atoms with van der Waals surface area (Å²) in [6, 6.07) is 15.0. The Labute approximate surface area is 190 Å². The first kappa shape index (κ1) is 23.5. The number of anilines is 1. The molecule has 0 aromatic heterocycles. The van der Waals surface area contributed by atoms with Crippen molar-refractivity contribution in [3.8, 4) is 5.75 Å². The summed E-state index contributed by atoms with van der Waals surface area (Å²) in [6.07, 6.45) is 0.0264. The predicted octanol–water partition coefficient (Wildman–Crippen LogP) is 4.65. The smallest absolute Gasteiger partial charge is 0.278 e. The number of imide groups is 1. The molecule has 0 radical (unpaired) electrons. The zero-order valence-electron chi connectivity index (χ0n) is 19.5. The topological polar surface area (TPSA) is 67.9 Å². The van der Waals surface area contributed by atoms with E-state index in [-0.39, 0.29) is 30.2 Å². The van der Waals surface area contributed by atoms with Crippen LogP contribution in [0.4, 0.5) is 5.69 Å². The standard InChI is InChI=1S/C26H32N2O4/c1-17(2)16-32-22-11-9-20(10-12-22)23-24(27-21-8-6-7-19(5)15-21)26(30)28(25(23)29)13-14-31-18(3)4/h6-12,15,17-18,27H,13-14,16H2,1-5H3. The van der Waals surface area contributed by atoms with E-state index in [1.165, 1.54) is 4.90 Å². The van der Waals surface area contributed by atoms with Gasteiger partial charge in [-0.1, -0.05) is 38.1 Å². The van der Waals surface area contributed by atoms with Crippen molar-refractivity contribution < 1.29 is 19.1 Å². The molecular formula is C26H32N2O4. The van der Waals surface area contributed by atoms with Gasteiger partial charge in [-0.15, -0.1) is 0 Å². The van der Waals surface area contributed by atoms with Gasteiger partial charge < -0.3 is 14.8 Å². The molecule has 0 aliphatic carbocycles. The summed E-state index contributed by atoms with van der Waals surface area (Å²) < 4.78 is 11.3. The van der Waals surface area contributed by atoms with E-state index in [0.29, 0.717) is 30.3 Å². The maximum Gasteiger partial charge on any atom is 0.278 e. The van der Waals surface area contributed by atoms with E-state index in [2.05, 4.69) is 19.2 Å². The predicted molar refractivity (Wildman–Crippen MR) is 126 cm³/mol. The van der Waals surface area contributed by atoms with Crippen molar-refractivity contribution in [2.24, 2.45) is 5.92 Å². The fourth-order valence-corrected chi connectivity index (χ4v) is 3.39. The molecule has 0 fully saturated rings.